The van der Waals surface area contributed by atoms with E-state index in [4.69, 9.17) is 9.94 Å². The second-order valence-corrected chi connectivity index (χ2v) is 2.33. The van der Waals surface area contributed by atoms with E-state index in [0.29, 0.717) is 11.3 Å². The maximum atomic E-state index is 11.2. The van der Waals surface area contributed by atoms with Gasteiger partial charge in [-0.1, -0.05) is 12.1 Å². The summed E-state index contributed by atoms with van der Waals surface area (Å²) in [5.41, 5.74) is 0.435. The lowest BCUT2D eigenvalue weighted by atomic mass is 10.1. The van der Waals surface area contributed by atoms with E-state index in [1.165, 1.54) is 0 Å². The molecule has 0 aliphatic carbocycles. The van der Waals surface area contributed by atoms with Gasteiger partial charge in [-0.05, 0) is 17.3 Å². The standard InChI is InChI=1S/C8H5NO3/c10-7-5-3-1-2-4-6(5)12-8(7)9-11/h1-4,11H/b9-8+. The van der Waals surface area contributed by atoms with Crippen molar-refractivity contribution in [3.8, 4) is 5.75 Å². The first-order valence-corrected chi connectivity index (χ1v) is 3.36. The zero-order valence-electron chi connectivity index (χ0n) is 6.02. The summed E-state index contributed by atoms with van der Waals surface area (Å²) in [4.78, 5) is 11.2. The number of para-hydroxylation sites is 1. The minimum atomic E-state index is -0.381. The molecule has 0 saturated carbocycles. The molecular weight excluding hydrogens is 158 g/mol. The van der Waals surface area contributed by atoms with Crippen LogP contribution in [-0.2, 0) is 0 Å². The summed E-state index contributed by atoms with van der Waals surface area (Å²) in [7, 11) is 0. The Hall–Kier alpha value is -1.84. The van der Waals surface area contributed by atoms with Gasteiger partial charge in [0.25, 0.3) is 5.78 Å². The number of oxime groups is 1. The number of fused-ring (bicyclic) bond motifs is 1. The fraction of sp³-hybridized carbons (Fsp3) is 0. The number of hydrogen-bond acceptors (Lipinski definition) is 4. The topological polar surface area (TPSA) is 58.9 Å². The van der Waals surface area contributed by atoms with Crippen LogP contribution >= 0.6 is 0 Å². The Labute approximate surface area is 68.1 Å². The summed E-state index contributed by atoms with van der Waals surface area (Å²) in [6, 6.07) is 6.73. The summed E-state index contributed by atoms with van der Waals surface area (Å²) in [6.45, 7) is 0. The lowest BCUT2D eigenvalue weighted by molar-refractivity contribution is 0.105. The van der Waals surface area contributed by atoms with E-state index in [-0.39, 0.29) is 11.7 Å². The second kappa shape index (κ2) is 2.34. The van der Waals surface area contributed by atoms with Crippen molar-refractivity contribution in [2.24, 2.45) is 5.16 Å². The van der Waals surface area contributed by atoms with Crippen LogP contribution in [0.3, 0.4) is 0 Å². The third-order valence-electron chi connectivity index (χ3n) is 1.62. The molecule has 1 aromatic rings. The number of ether oxygens (including phenoxy) is 1. The van der Waals surface area contributed by atoms with Gasteiger partial charge < -0.3 is 9.94 Å². The average molecular weight is 163 g/mol. The van der Waals surface area contributed by atoms with Crippen molar-refractivity contribution in [3.05, 3.63) is 29.8 Å². The lowest BCUT2D eigenvalue weighted by Crippen LogP contribution is -2.11. The highest BCUT2D eigenvalue weighted by Crippen LogP contribution is 2.25. The van der Waals surface area contributed by atoms with Crippen LogP contribution in [0.4, 0.5) is 0 Å². The molecule has 0 amide bonds. The number of rotatable bonds is 0. The Bertz CT molecular complexity index is 370. The first-order chi connectivity index (χ1) is 5.83. The van der Waals surface area contributed by atoms with Gasteiger partial charge in [-0.15, -0.1) is 0 Å². The first-order valence-electron chi connectivity index (χ1n) is 3.36. The maximum absolute atomic E-state index is 11.2. The van der Waals surface area contributed by atoms with E-state index in [1.54, 1.807) is 24.3 Å². The third kappa shape index (κ3) is 0.780. The molecule has 1 heterocycles. The molecule has 1 N–H and O–H groups in total. The summed E-state index contributed by atoms with van der Waals surface area (Å²) >= 11 is 0. The molecule has 1 aliphatic rings. The Kier molecular flexibility index (Phi) is 1.33. The molecular formula is C8H5NO3. The average Bonchev–Trinajstić information content (AvgIpc) is 2.44. The molecule has 0 unspecified atom stereocenters. The number of benzene rings is 1. The molecule has 0 saturated heterocycles. The summed E-state index contributed by atoms with van der Waals surface area (Å²) in [6.07, 6.45) is 0. The minimum Gasteiger partial charge on any atom is -0.433 e. The van der Waals surface area contributed by atoms with Crippen LogP contribution in [0.2, 0.25) is 0 Å². The quantitative estimate of drug-likeness (QED) is 0.459. The number of Topliss-reactive ketones (excluding diaryl/α,β-unsaturated/α-hetero) is 1. The van der Waals surface area contributed by atoms with Crippen LogP contribution in [0.25, 0.3) is 0 Å². The predicted octanol–water partition coefficient (Wildman–Crippen LogP) is 1.05. The molecule has 0 bridgehead atoms. The zero-order chi connectivity index (χ0) is 8.55. The van der Waals surface area contributed by atoms with Crippen LogP contribution < -0.4 is 4.74 Å². The maximum Gasteiger partial charge on any atom is 0.304 e. The second-order valence-electron chi connectivity index (χ2n) is 2.33. The molecule has 1 aliphatic heterocycles. The number of ketones is 1. The fourth-order valence-electron chi connectivity index (χ4n) is 1.07. The Balaban J connectivity index is 2.56. The summed E-state index contributed by atoms with van der Waals surface area (Å²) in [5.74, 6) is -0.209. The van der Waals surface area contributed by atoms with E-state index < -0.39 is 0 Å². The molecule has 0 spiro atoms. The van der Waals surface area contributed by atoms with Crippen molar-refractivity contribution in [2.75, 3.05) is 0 Å². The van der Waals surface area contributed by atoms with Gasteiger partial charge in [-0.3, -0.25) is 4.79 Å². The molecule has 0 aromatic heterocycles. The van der Waals surface area contributed by atoms with Gasteiger partial charge in [0.2, 0.25) is 0 Å². The summed E-state index contributed by atoms with van der Waals surface area (Å²) in [5, 5.41) is 11.1. The van der Waals surface area contributed by atoms with Gasteiger partial charge >= 0.3 is 5.90 Å². The van der Waals surface area contributed by atoms with Crippen molar-refractivity contribution in [1.82, 2.24) is 0 Å². The number of hydrogen-bond donors (Lipinski definition) is 1. The largest absolute Gasteiger partial charge is 0.433 e. The van der Waals surface area contributed by atoms with Crippen molar-refractivity contribution >= 4 is 11.7 Å². The van der Waals surface area contributed by atoms with E-state index in [1.807, 2.05) is 0 Å². The van der Waals surface area contributed by atoms with Crippen LogP contribution in [0, 0.1) is 0 Å². The number of carbonyl (C=O) groups is 1. The molecule has 12 heavy (non-hydrogen) atoms. The molecule has 4 heteroatoms. The first kappa shape index (κ1) is 6.84. The van der Waals surface area contributed by atoms with Gasteiger partial charge in [0.1, 0.15) is 5.75 Å². The SMILES string of the molecule is O=C1/C(=N\O)Oc2ccccc21. The lowest BCUT2D eigenvalue weighted by Gasteiger charge is -1.92. The highest BCUT2D eigenvalue weighted by molar-refractivity contribution is 6.46. The van der Waals surface area contributed by atoms with Crippen molar-refractivity contribution < 1.29 is 14.7 Å². The predicted molar refractivity (Wildman–Crippen MR) is 40.6 cm³/mol. The van der Waals surface area contributed by atoms with Crippen LogP contribution in [0.15, 0.2) is 29.4 Å². The van der Waals surface area contributed by atoms with Crippen molar-refractivity contribution in [1.29, 1.82) is 0 Å². The number of nitrogens with zero attached hydrogens (tertiary/aromatic N) is 1. The zero-order valence-corrected chi connectivity index (χ0v) is 6.02. The molecule has 0 radical (unpaired) electrons. The smallest absolute Gasteiger partial charge is 0.304 e. The normalized spacial score (nSPS) is 17.7. The van der Waals surface area contributed by atoms with E-state index in [2.05, 4.69) is 5.16 Å². The Morgan fingerprint density at radius 3 is 2.75 bits per heavy atom. The molecule has 1 aromatic carbocycles. The van der Waals surface area contributed by atoms with Gasteiger partial charge in [-0.2, -0.15) is 0 Å². The van der Waals surface area contributed by atoms with Crippen LogP contribution in [0.1, 0.15) is 10.4 Å². The molecule has 0 atom stereocenters. The van der Waals surface area contributed by atoms with Crippen LogP contribution in [-0.4, -0.2) is 16.9 Å². The van der Waals surface area contributed by atoms with E-state index in [0.717, 1.165) is 0 Å². The van der Waals surface area contributed by atoms with Gasteiger partial charge in [0, 0.05) is 0 Å². The van der Waals surface area contributed by atoms with E-state index >= 15 is 0 Å². The summed E-state index contributed by atoms with van der Waals surface area (Å²) < 4.78 is 4.92. The number of carbonyl (C=O) groups excluding carboxylic acids is 1. The molecule has 4 nitrogen and oxygen atoms in total. The fourth-order valence-corrected chi connectivity index (χ4v) is 1.07. The Morgan fingerprint density at radius 1 is 1.33 bits per heavy atom. The Morgan fingerprint density at radius 2 is 2.08 bits per heavy atom. The van der Waals surface area contributed by atoms with Crippen molar-refractivity contribution in [2.45, 2.75) is 0 Å². The minimum absolute atomic E-state index is 0.267. The van der Waals surface area contributed by atoms with E-state index in [9.17, 15) is 4.79 Å². The third-order valence-corrected chi connectivity index (χ3v) is 1.62. The monoisotopic (exact) mass is 163 g/mol. The van der Waals surface area contributed by atoms with Gasteiger partial charge in [-0.25, -0.2) is 0 Å². The molecule has 0 fully saturated rings. The highest BCUT2D eigenvalue weighted by atomic mass is 16.5. The molecule has 60 valence electrons. The highest BCUT2D eigenvalue weighted by Gasteiger charge is 2.28. The van der Waals surface area contributed by atoms with Crippen molar-refractivity contribution in [3.63, 3.8) is 0 Å². The van der Waals surface area contributed by atoms with Crippen LogP contribution in [0.5, 0.6) is 5.75 Å². The van der Waals surface area contributed by atoms with Gasteiger partial charge in [0.15, 0.2) is 0 Å². The molecule has 2 rings (SSSR count). The van der Waals surface area contributed by atoms with Gasteiger partial charge in [0.05, 0.1) is 5.56 Å².